The standard InChI is InChI=1S/C19H23FN4O3/c1-3-27-19(26)17-12-16(21-22(17)2)18(25)24-10-8-23(9-11-24)13-14-6-4-5-7-15(14)20/h4-7,12H,3,8-11,13H2,1-2H3. The van der Waals surface area contributed by atoms with Gasteiger partial charge in [0, 0.05) is 51.4 Å². The maximum atomic E-state index is 13.8. The lowest BCUT2D eigenvalue weighted by atomic mass is 10.2. The van der Waals surface area contributed by atoms with E-state index in [9.17, 15) is 14.0 Å². The first-order valence-corrected chi connectivity index (χ1v) is 8.95. The molecule has 1 aromatic heterocycles. The van der Waals surface area contributed by atoms with Gasteiger partial charge in [0.2, 0.25) is 0 Å². The Morgan fingerprint density at radius 1 is 1.19 bits per heavy atom. The van der Waals surface area contributed by atoms with Crippen molar-refractivity contribution in [2.24, 2.45) is 7.05 Å². The van der Waals surface area contributed by atoms with Crippen LogP contribution in [0.5, 0.6) is 0 Å². The number of aryl methyl sites for hydroxylation is 1. The van der Waals surface area contributed by atoms with Crippen LogP contribution >= 0.6 is 0 Å². The number of benzene rings is 1. The van der Waals surface area contributed by atoms with Crippen molar-refractivity contribution in [1.29, 1.82) is 0 Å². The van der Waals surface area contributed by atoms with E-state index in [1.807, 2.05) is 6.07 Å². The summed E-state index contributed by atoms with van der Waals surface area (Å²) in [4.78, 5) is 28.4. The Kier molecular flexibility index (Phi) is 5.85. The third-order valence-electron chi connectivity index (χ3n) is 4.59. The van der Waals surface area contributed by atoms with Gasteiger partial charge in [-0.05, 0) is 13.0 Å². The van der Waals surface area contributed by atoms with E-state index < -0.39 is 5.97 Å². The number of esters is 1. The largest absolute Gasteiger partial charge is 0.461 e. The van der Waals surface area contributed by atoms with E-state index in [2.05, 4.69) is 10.00 Å². The fraction of sp³-hybridized carbons (Fsp3) is 0.421. The fourth-order valence-corrected chi connectivity index (χ4v) is 3.11. The van der Waals surface area contributed by atoms with E-state index in [0.717, 1.165) is 0 Å². The second kappa shape index (κ2) is 8.30. The quantitative estimate of drug-likeness (QED) is 0.745. The molecule has 1 aliphatic heterocycles. The minimum atomic E-state index is -0.499. The highest BCUT2D eigenvalue weighted by Crippen LogP contribution is 2.14. The molecule has 0 bridgehead atoms. The summed E-state index contributed by atoms with van der Waals surface area (Å²) in [5.74, 6) is -0.927. The Morgan fingerprint density at radius 2 is 1.89 bits per heavy atom. The number of hydrogen-bond donors (Lipinski definition) is 0. The summed E-state index contributed by atoms with van der Waals surface area (Å²) in [5.41, 5.74) is 1.13. The van der Waals surface area contributed by atoms with Crippen LogP contribution in [0.25, 0.3) is 0 Å². The lowest BCUT2D eigenvalue weighted by Crippen LogP contribution is -2.48. The van der Waals surface area contributed by atoms with Crippen molar-refractivity contribution in [3.63, 3.8) is 0 Å². The molecule has 0 spiro atoms. The predicted octanol–water partition coefficient (Wildman–Crippen LogP) is 1.69. The molecular formula is C19H23FN4O3. The fourth-order valence-electron chi connectivity index (χ4n) is 3.11. The molecule has 3 rings (SSSR count). The molecule has 0 N–H and O–H groups in total. The lowest BCUT2D eigenvalue weighted by molar-refractivity contribution is 0.0513. The zero-order valence-corrected chi connectivity index (χ0v) is 15.5. The first-order chi connectivity index (χ1) is 13.0. The smallest absolute Gasteiger partial charge is 0.356 e. The highest BCUT2D eigenvalue weighted by atomic mass is 19.1. The topological polar surface area (TPSA) is 67.7 Å². The summed E-state index contributed by atoms with van der Waals surface area (Å²) in [5, 5.41) is 4.15. The zero-order valence-electron chi connectivity index (χ0n) is 15.5. The van der Waals surface area contributed by atoms with E-state index in [-0.39, 0.29) is 29.7 Å². The third-order valence-corrected chi connectivity index (χ3v) is 4.59. The summed E-state index contributed by atoms with van der Waals surface area (Å²) in [7, 11) is 1.61. The molecule has 0 atom stereocenters. The Balaban J connectivity index is 1.59. The molecule has 27 heavy (non-hydrogen) atoms. The van der Waals surface area contributed by atoms with Crippen LogP contribution in [0, 0.1) is 5.82 Å². The van der Waals surface area contributed by atoms with Gasteiger partial charge in [-0.15, -0.1) is 0 Å². The SMILES string of the molecule is CCOC(=O)c1cc(C(=O)N2CCN(Cc3ccccc3F)CC2)nn1C. The zero-order chi connectivity index (χ0) is 19.4. The van der Waals surface area contributed by atoms with Crippen molar-refractivity contribution in [2.45, 2.75) is 13.5 Å². The molecular weight excluding hydrogens is 351 g/mol. The van der Waals surface area contributed by atoms with Crippen molar-refractivity contribution < 1.29 is 18.7 Å². The van der Waals surface area contributed by atoms with Crippen molar-refractivity contribution in [3.05, 3.63) is 53.1 Å². The van der Waals surface area contributed by atoms with Crippen LogP contribution in [0.2, 0.25) is 0 Å². The molecule has 144 valence electrons. The van der Waals surface area contributed by atoms with Crippen molar-refractivity contribution >= 4 is 11.9 Å². The molecule has 0 radical (unpaired) electrons. The average Bonchev–Trinajstić information content (AvgIpc) is 3.06. The first kappa shape index (κ1) is 19.0. The van der Waals surface area contributed by atoms with Gasteiger partial charge in [-0.3, -0.25) is 14.4 Å². The van der Waals surface area contributed by atoms with E-state index in [4.69, 9.17) is 4.74 Å². The molecule has 1 amide bonds. The Morgan fingerprint density at radius 3 is 2.56 bits per heavy atom. The lowest BCUT2D eigenvalue weighted by Gasteiger charge is -2.34. The van der Waals surface area contributed by atoms with Crippen LogP contribution in [-0.4, -0.2) is 64.2 Å². The van der Waals surface area contributed by atoms with Gasteiger partial charge in [0.05, 0.1) is 6.61 Å². The van der Waals surface area contributed by atoms with Gasteiger partial charge < -0.3 is 9.64 Å². The summed E-state index contributed by atoms with van der Waals surface area (Å²) < 4.78 is 20.1. The number of hydrogen-bond acceptors (Lipinski definition) is 5. The van der Waals surface area contributed by atoms with Crippen molar-refractivity contribution in [1.82, 2.24) is 19.6 Å². The minimum Gasteiger partial charge on any atom is -0.461 e. The van der Waals surface area contributed by atoms with Crippen LogP contribution in [0.1, 0.15) is 33.5 Å². The molecule has 2 heterocycles. The molecule has 1 aliphatic rings. The molecule has 1 aromatic carbocycles. The Labute approximate surface area is 157 Å². The Bertz CT molecular complexity index is 828. The number of carbonyl (C=O) groups excluding carboxylic acids is 2. The number of rotatable bonds is 5. The van der Waals surface area contributed by atoms with Gasteiger partial charge in [-0.2, -0.15) is 5.10 Å². The summed E-state index contributed by atoms with van der Waals surface area (Å²) >= 11 is 0. The summed E-state index contributed by atoms with van der Waals surface area (Å²) in [6.45, 7) is 4.86. The number of ether oxygens (including phenoxy) is 1. The van der Waals surface area contributed by atoms with Gasteiger partial charge in [0.25, 0.3) is 5.91 Å². The molecule has 7 nitrogen and oxygen atoms in total. The number of amides is 1. The number of carbonyl (C=O) groups is 2. The highest BCUT2D eigenvalue weighted by Gasteiger charge is 2.26. The predicted molar refractivity (Wildman–Crippen MR) is 96.7 cm³/mol. The van der Waals surface area contributed by atoms with Crippen LogP contribution in [-0.2, 0) is 18.3 Å². The second-order valence-corrected chi connectivity index (χ2v) is 6.42. The van der Waals surface area contributed by atoms with E-state index in [1.165, 1.54) is 16.8 Å². The van der Waals surface area contributed by atoms with E-state index in [1.54, 1.807) is 31.0 Å². The second-order valence-electron chi connectivity index (χ2n) is 6.42. The molecule has 8 heteroatoms. The summed E-state index contributed by atoms with van der Waals surface area (Å²) in [6.07, 6.45) is 0. The normalized spacial score (nSPS) is 15.0. The number of halogens is 1. The maximum Gasteiger partial charge on any atom is 0.356 e. The van der Waals surface area contributed by atoms with Crippen LogP contribution in [0.3, 0.4) is 0 Å². The molecule has 1 saturated heterocycles. The van der Waals surface area contributed by atoms with Crippen LogP contribution in [0.4, 0.5) is 4.39 Å². The number of aromatic nitrogens is 2. The Hall–Kier alpha value is -2.74. The van der Waals surface area contributed by atoms with Crippen molar-refractivity contribution in [2.75, 3.05) is 32.8 Å². The first-order valence-electron chi connectivity index (χ1n) is 8.95. The third kappa shape index (κ3) is 4.33. The average molecular weight is 374 g/mol. The van der Waals surface area contributed by atoms with E-state index >= 15 is 0 Å². The number of piperazine rings is 1. The number of nitrogens with zero attached hydrogens (tertiary/aromatic N) is 4. The molecule has 1 fully saturated rings. The monoisotopic (exact) mass is 374 g/mol. The molecule has 2 aromatic rings. The van der Waals surface area contributed by atoms with Gasteiger partial charge >= 0.3 is 5.97 Å². The highest BCUT2D eigenvalue weighted by molar-refractivity contribution is 5.96. The molecule has 0 unspecified atom stereocenters. The summed E-state index contributed by atoms with van der Waals surface area (Å²) in [6, 6.07) is 8.19. The molecule has 0 aliphatic carbocycles. The van der Waals surface area contributed by atoms with Crippen molar-refractivity contribution in [3.8, 4) is 0 Å². The van der Waals surface area contributed by atoms with Crippen LogP contribution < -0.4 is 0 Å². The van der Waals surface area contributed by atoms with E-state index in [0.29, 0.717) is 38.3 Å². The minimum absolute atomic E-state index is 0.212. The van der Waals surface area contributed by atoms with Gasteiger partial charge in [0.15, 0.2) is 5.69 Å². The maximum absolute atomic E-state index is 13.8. The van der Waals surface area contributed by atoms with Gasteiger partial charge in [-0.25, -0.2) is 9.18 Å². The van der Waals surface area contributed by atoms with Gasteiger partial charge in [0.1, 0.15) is 11.5 Å². The molecule has 0 saturated carbocycles. The van der Waals surface area contributed by atoms with Crippen LogP contribution in [0.15, 0.2) is 30.3 Å². The van der Waals surface area contributed by atoms with Gasteiger partial charge in [-0.1, -0.05) is 18.2 Å².